The van der Waals surface area contributed by atoms with Crippen molar-refractivity contribution in [1.29, 1.82) is 0 Å². The summed E-state index contributed by atoms with van der Waals surface area (Å²) in [5.74, 6) is 0.447. The van der Waals surface area contributed by atoms with E-state index in [1.54, 1.807) is 25.6 Å². The first-order chi connectivity index (χ1) is 8.31. The lowest BCUT2D eigenvalue weighted by Gasteiger charge is -2.04. The zero-order valence-corrected chi connectivity index (χ0v) is 10.1. The lowest BCUT2D eigenvalue weighted by Crippen LogP contribution is -2.02. The molecule has 7 nitrogen and oxygen atoms in total. The molecule has 0 atom stereocenters. The molecule has 2 rings (SSSR count). The van der Waals surface area contributed by atoms with Gasteiger partial charge in [-0.05, 0) is 11.8 Å². The lowest BCUT2D eigenvalue weighted by molar-refractivity contribution is 0.374. The summed E-state index contributed by atoms with van der Waals surface area (Å²) in [5, 5.41) is 4.05. The van der Waals surface area contributed by atoms with E-state index in [-0.39, 0.29) is 6.01 Å². The summed E-state index contributed by atoms with van der Waals surface area (Å²) in [6, 6.07) is 0.260. The Hall–Kier alpha value is -1.96. The van der Waals surface area contributed by atoms with Gasteiger partial charge < -0.3 is 10.1 Å². The van der Waals surface area contributed by atoms with Gasteiger partial charge in [0.2, 0.25) is 11.1 Å². The number of nitrogens with one attached hydrogen (secondary N) is 1. The molecule has 0 aliphatic heterocycles. The first-order valence-electron chi connectivity index (χ1n) is 4.73. The summed E-state index contributed by atoms with van der Waals surface area (Å²) in [4.78, 5) is 20.4. The zero-order valence-electron chi connectivity index (χ0n) is 9.28. The minimum atomic E-state index is 0.260. The van der Waals surface area contributed by atoms with Crippen LogP contribution in [0.25, 0.3) is 0 Å². The third kappa shape index (κ3) is 3.00. The van der Waals surface area contributed by atoms with Crippen LogP contribution < -0.4 is 10.1 Å². The third-order valence-electron chi connectivity index (χ3n) is 1.74. The topological polar surface area (TPSA) is 85.7 Å². The van der Waals surface area contributed by atoms with Crippen molar-refractivity contribution in [3.8, 4) is 6.01 Å². The fourth-order valence-electron chi connectivity index (χ4n) is 1.02. The molecule has 0 unspecified atom stereocenters. The Labute approximate surface area is 102 Å². The van der Waals surface area contributed by atoms with Crippen molar-refractivity contribution in [1.82, 2.24) is 24.9 Å². The van der Waals surface area contributed by atoms with E-state index in [0.717, 1.165) is 0 Å². The van der Waals surface area contributed by atoms with E-state index < -0.39 is 0 Å². The first kappa shape index (κ1) is 11.5. The molecule has 0 spiro atoms. The molecule has 0 aliphatic carbocycles. The van der Waals surface area contributed by atoms with Crippen LogP contribution in [0.5, 0.6) is 6.01 Å². The van der Waals surface area contributed by atoms with Gasteiger partial charge in [0.25, 0.3) is 0 Å². The van der Waals surface area contributed by atoms with Gasteiger partial charge in [0, 0.05) is 19.4 Å². The molecule has 0 bridgehead atoms. The van der Waals surface area contributed by atoms with Crippen LogP contribution in [0, 0.1) is 0 Å². The molecule has 17 heavy (non-hydrogen) atoms. The van der Waals surface area contributed by atoms with Gasteiger partial charge in [-0.2, -0.15) is 15.0 Å². The van der Waals surface area contributed by atoms with Gasteiger partial charge in [-0.25, -0.2) is 4.98 Å². The average Bonchev–Trinajstić information content (AvgIpc) is 2.39. The van der Waals surface area contributed by atoms with Crippen molar-refractivity contribution in [3.63, 3.8) is 0 Å². The SMILES string of the molecule is CNc1nc(OC)nc(Sc2cnccn2)n1. The van der Waals surface area contributed by atoms with Crippen LogP contribution in [0.1, 0.15) is 0 Å². The number of hydrogen-bond acceptors (Lipinski definition) is 8. The maximum Gasteiger partial charge on any atom is 0.321 e. The molecule has 0 amide bonds. The van der Waals surface area contributed by atoms with Crippen molar-refractivity contribution in [2.75, 3.05) is 19.5 Å². The maximum absolute atomic E-state index is 4.98. The van der Waals surface area contributed by atoms with E-state index in [9.17, 15) is 0 Å². The molecule has 0 aliphatic rings. The average molecular weight is 250 g/mol. The smallest absolute Gasteiger partial charge is 0.321 e. The number of aromatic nitrogens is 5. The van der Waals surface area contributed by atoms with E-state index in [1.165, 1.54) is 18.9 Å². The predicted octanol–water partition coefficient (Wildman–Crippen LogP) is 0.863. The summed E-state index contributed by atoms with van der Waals surface area (Å²) in [6.07, 6.45) is 4.86. The molecule has 1 N–H and O–H groups in total. The van der Waals surface area contributed by atoms with Gasteiger partial charge in [0.05, 0.1) is 13.3 Å². The van der Waals surface area contributed by atoms with Crippen LogP contribution in [0.15, 0.2) is 28.8 Å². The number of nitrogens with zero attached hydrogens (tertiary/aromatic N) is 5. The normalized spacial score (nSPS) is 10.0. The molecule has 0 fully saturated rings. The summed E-state index contributed by atoms with van der Waals surface area (Å²) >= 11 is 1.29. The number of anilines is 1. The predicted molar refractivity (Wildman–Crippen MR) is 62.1 cm³/mol. The fourth-order valence-corrected chi connectivity index (χ4v) is 1.69. The van der Waals surface area contributed by atoms with Crippen LogP contribution >= 0.6 is 11.8 Å². The van der Waals surface area contributed by atoms with Crippen LogP contribution in [0.4, 0.5) is 5.95 Å². The second-order valence-electron chi connectivity index (χ2n) is 2.82. The number of methoxy groups -OCH3 is 1. The van der Waals surface area contributed by atoms with Crippen molar-refractivity contribution in [2.45, 2.75) is 10.2 Å². The van der Waals surface area contributed by atoms with Gasteiger partial charge in [-0.1, -0.05) is 0 Å². The quantitative estimate of drug-likeness (QED) is 0.855. The summed E-state index contributed by atoms with van der Waals surface area (Å²) in [7, 11) is 3.23. The van der Waals surface area contributed by atoms with Crippen LogP contribution in [0.2, 0.25) is 0 Å². The van der Waals surface area contributed by atoms with Crippen molar-refractivity contribution < 1.29 is 4.74 Å². The Morgan fingerprint density at radius 2 is 2.12 bits per heavy atom. The molecule has 88 valence electrons. The van der Waals surface area contributed by atoms with Crippen LogP contribution in [-0.4, -0.2) is 39.1 Å². The minimum absolute atomic E-state index is 0.260. The second-order valence-corrected chi connectivity index (χ2v) is 3.81. The molecular weight excluding hydrogens is 240 g/mol. The first-order valence-corrected chi connectivity index (χ1v) is 5.55. The molecule has 8 heteroatoms. The number of rotatable bonds is 4. The highest BCUT2D eigenvalue weighted by atomic mass is 32.2. The highest BCUT2D eigenvalue weighted by Crippen LogP contribution is 2.23. The van der Waals surface area contributed by atoms with Crippen molar-refractivity contribution >= 4 is 17.7 Å². The van der Waals surface area contributed by atoms with Crippen LogP contribution in [0.3, 0.4) is 0 Å². The number of hydrogen-bond donors (Lipinski definition) is 1. The van der Waals surface area contributed by atoms with E-state index in [0.29, 0.717) is 16.1 Å². The highest BCUT2D eigenvalue weighted by Gasteiger charge is 2.08. The molecular formula is C9H10N6OS. The fraction of sp³-hybridized carbons (Fsp3) is 0.222. The monoisotopic (exact) mass is 250 g/mol. The largest absolute Gasteiger partial charge is 0.467 e. The third-order valence-corrected chi connectivity index (χ3v) is 2.52. The molecule has 0 saturated heterocycles. The standard InChI is InChI=1S/C9H10N6OS/c1-10-7-13-8(16-2)15-9(14-7)17-6-5-11-3-4-12-6/h3-5H,1-2H3,(H,10,13,14,15). The van der Waals surface area contributed by atoms with E-state index in [4.69, 9.17) is 4.74 Å². The van der Waals surface area contributed by atoms with Gasteiger partial charge in [-0.3, -0.25) is 4.98 Å². The summed E-state index contributed by atoms with van der Waals surface area (Å²) < 4.78 is 4.98. The van der Waals surface area contributed by atoms with Gasteiger partial charge in [-0.15, -0.1) is 0 Å². The second kappa shape index (κ2) is 5.39. The Bertz CT molecular complexity index is 472. The summed E-state index contributed by atoms with van der Waals surface area (Å²) in [5.41, 5.74) is 0. The summed E-state index contributed by atoms with van der Waals surface area (Å²) in [6.45, 7) is 0. The number of ether oxygens (including phenoxy) is 1. The van der Waals surface area contributed by atoms with Crippen molar-refractivity contribution in [2.24, 2.45) is 0 Å². The molecule has 2 heterocycles. The molecule has 0 radical (unpaired) electrons. The van der Waals surface area contributed by atoms with E-state index in [2.05, 4.69) is 30.2 Å². The Kier molecular flexibility index (Phi) is 3.66. The maximum atomic E-state index is 4.98. The van der Waals surface area contributed by atoms with Gasteiger partial charge in [0.15, 0.2) is 0 Å². The lowest BCUT2D eigenvalue weighted by atomic mass is 10.8. The Morgan fingerprint density at radius 1 is 1.24 bits per heavy atom. The van der Waals surface area contributed by atoms with Crippen LogP contribution in [-0.2, 0) is 0 Å². The minimum Gasteiger partial charge on any atom is -0.467 e. The van der Waals surface area contributed by atoms with Gasteiger partial charge in [0.1, 0.15) is 5.03 Å². The Balaban J connectivity index is 2.26. The molecule has 0 saturated carbocycles. The molecule has 0 aromatic carbocycles. The molecule has 2 aromatic rings. The van der Waals surface area contributed by atoms with E-state index in [1.807, 2.05) is 0 Å². The zero-order chi connectivity index (χ0) is 12.1. The Morgan fingerprint density at radius 3 is 2.76 bits per heavy atom. The van der Waals surface area contributed by atoms with Gasteiger partial charge >= 0.3 is 6.01 Å². The van der Waals surface area contributed by atoms with E-state index >= 15 is 0 Å². The van der Waals surface area contributed by atoms with Crippen molar-refractivity contribution in [3.05, 3.63) is 18.6 Å². The molecule has 2 aromatic heterocycles. The highest BCUT2D eigenvalue weighted by molar-refractivity contribution is 7.99.